The van der Waals surface area contributed by atoms with Crippen molar-refractivity contribution in [3.05, 3.63) is 46.4 Å². The molecule has 0 N–H and O–H groups in total. The Labute approximate surface area is 147 Å². The molecule has 4 nitrogen and oxygen atoms in total. The maximum absolute atomic E-state index is 13.2. The zero-order valence-electron chi connectivity index (χ0n) is 14.2. The molecule has 0 spiro atoms. The maximum Gasteiger partial charge on any atom is 0.270 e. The highest BCUT2D eigenvalue weighted by Gasteiger charge is 2.39. The number of likely N-dealkylation sites (tertiary alicyclic amines) is 2. The number of carbonyl (C=O) groups excluding carboxylic acids is 1. The van der Waals surface area contributed by atoms with Crippen LogP contribution >= 0.6 is 11.3 Å². The van der Waals surface area contributed by atoms with Crippen LogP contribution in [-0.2, 0) is 6.54 Å². The lowest BCUT2D eigenvalue weighted by molar-refractivity contribution is 0.0654. The summed E-state index contributed by atoms with van der Waals surface area (Å²) in [6, 6.07) is 9.09. The number of carbonyl (C=O) groups is 1. The van der Waals surface area contributed by atoms with Crippen LogP contribution in [0.3, 0.4) is 0 Å². The zero-order chi connectivity index (χ0) is 16.5. The smallest absolute Gasteiger partial charge is 0.270 e. The summed E-state index contributed by atoms with van der Waals surface area (Å²) >= 11 is 1.74. The Morgan fingerprint density at radius 3 is 2.75 bits per heavy atom. The van der Waals surface area contributed by atoms with Gasteiger partial charge >= 0.3 is 0 Å². The molecular weight excluding hydrogens is 318 g/mol. The zero-order valence-corrected chi connectivity index (χ0v) is 15.0. The van der Waals surface area contributed by atoms with Crippen LogP contribution in [0.4, 0.5) is 0 Å². The highest BCUT2D eigenvalue weighted by Crippen LogP contribution is 2.30. The Balaban J connectivity index is 1.54. The van der Waals surface area contributed by atoms with E-state index in [-0.39, 0.29) is 5.91 Å². The van der Waals surface area contributed by atoms with E-state index in [0.717, 1.165) is 38.2 Å². The van der Waals surface area contributed by atoms with Crippen molar-refractivity contribution in [2.24, 2.45) is 0 Å². The number of likely N-dealkylation sites (N-methyl/N-ethyl adjacent to an activating group) is 1. The molecule has 5 heteroatoms. The van der Waals surface area contributed by atoms with Gasteiger partial charge in [-0.2, -0.15) is 0 Å². The summed E-state index contributed by atoms with van der Waals surface area (Å²) in [5.74, 6) is 0.208. The molecule has 128 valence electrons. The molecule has 24 heavy (non-hydrogen) atoms. The molecule has 0 saturated carbocycles. The van der Waals surface area contributed by atoms with E-state index in [1.54, 1.807) is 11.3 Å². The number of hydrogen-bond acceptors (Lipinski definition) is 3. The highest BCUT2D eigenvalue weighted by molar-refractivity contribution is 7.09. The van der Waals surface area contributed by atoms with Gasteiger partial charge in [0.15, 0.2) is 0 Å². The SMILES string of the molecule is CN1CCC[C@@H]1[C@H]1CCCN1C(=O)c1cccn1Cc1cccs1. The second-order valence-corrected chi connectivity index (χ2v) is 8.03. The number of thiophene rings is 1. The molecule has 2 saturated heterocycles. The molecule has 0 unspecified atom stereocenters. The first kappa shape index (κ1) is 15.9. The van der Waals surface area contributed by atoms with E-state index in [2.05, 4.69) is 38.9 Å². The predicted octanol–water partition coefficient (Wildman–Crippen LogP) is 3.30. The first-order valence-corrected chi connectivity index (χ1v) is 9.81. The van der Waals surface area contributed by atoms with Gasteiger partial charge in [0.1, 0.15) is 5.69 Å². The third-order valence-corrected chi connectivity index (χ3v) is 6.40. The van der Waals surface area contributed by atoms with Crippen molar-refractivity contribution >= 4 is 17.2 Å². The molecule has 1 amide bonds. The summed E-state index contributed by atoms with van der Waals surface area (Å²) in [7, 11) is 2.21. The normalized spacial score (nSPS) is 24.8. The Kier molecular flexibility index (Phi) is 4.46. The molecule has 0 aliphatic carbocycles. The lowest BCUT2D eigenvalue weighted by atomic mass is 10.0. The number of amides is 1. The van der Waals surface area contributed by atoms with Crippen molar-refractivity contribution in [2.75, 3.05) is 20.1 Å². The molecule has 2 aromatic heterocycles. The Bertz CT molecular complexity index is 693. The topological polar surface area (TPSA) is 28.5 Å². The largest absolute Gasteiger partial charge is 0.338 e. The fraction of sp³-hybridized carbons (Fsp3) is 0.526. The molecule has 2 aliphatic heterocycles. The van der Waals surface area contributed by atoms with Gasteiger partial charge in [-0.05, 0) is 62.9 Å². The monoisotopic (exact) mass is 343 g/mol. The van der Waals surface area contributed by atoms with Crippen LogP contribution in [0.2, 0.25) is 0 Å². The van der Waals surface area contributed by atoms with Crippen LogP contribution in [0.15, 0.2) is 35.8 Å². The van der Waals surface area contributed by atoms with Crippen molar-refractivity contribution in [3.63, 3.8) is 0 Å². The number of aromatic nitrogens is 1. The van der Waals surface area contributed by atoms with Crippen molar-refractivity contribution in [1.82, 2.24) is 14.4 Å². The molecule has 2 fully saturated rings. The summed E-state index contributed by atoms with van der Waals surface area (Å²) in [4.78, 5) is 19.1. The first-order valence-electron chi connectivity index (χ1n) is 8.93. The fourth-order valence-electron chi connectivity index (χ4n) is 4.33. The Hall–Kier alpha value is -1.59. The average Bonchev–Trinajstić information content (AvgIpc) is 3.34. The van der Waals surface area contributed by atoms with Gasteiger partial charge in [-0.15, -0.1) is 11.3 Å². The van der Waals surface area contributed by atoms with Crippen molar-refractivity contribution < 1.29 is 4.79 Å². The van der Waals surface area contributed by atoms with Crippen LogP contribution in [-0.4, -0.2) is 52.5 Å². The van der Waals surface area contributed by atoms with Crippen molar-refractivity contribution in [2.45, 2.75) is 44.3 Å². The second kappa shape index (κ2) is 6.73. The molecule has 4 rings (SSSR count). The average molecular weight is 343 g/mol. The molecule has 0 aromatic carbocycles. The van der Waals surface area contributed by atoms with E-state index in [1.807, 2.05) is 18.3 Å². The molecule has 2 aliphatic rings. The van der Waals surface area contributed by atoms with Crippen molar-refractivity contribution in [1.29, 1.82) is 0 Å². The van der Waals surface area contributed by atoms with Gasteiger partial charge in [0, 0.05) is 29.7 Å². The van der Waals surface area contributed by atoms with Gasteiger partial charge < -0.3 is 14.4 Å². The second-order valence-electron chi connectivity index (χ2n) is 7.00. The maximum atomic E-state index is 13.2. The predicted molar refractivity (Wildman–Crippen MR) is 97.6 cm³/mol. The standard InChI is InChI=1S/C19H25N3OS/c1-20-10-2-7-16(20)17-8-4-12-22(17)19(23)18-9-3-11-21(18)14-15-6-5-13-24-15/h3,5-6,9,11,13,16-17H,2,4,7-8,10,12,14H2,1H3/t16-,17-/m1/s1. The highest BCUT2D eigenvalue weighted by atomic mass is 32.1. The van der Waals surface area contributed by atoms with E-state index in [1.165, 1.54) is 17.7 Å². The summed E-state index contributed by atoms with van der Waals surface area (Å²) in [5, 5.41) is 2.09. The lowest BCUT2D eigenvalue weighted by Gasteiger charge is -2.33. The van der Waals surface area contributed by atoms with E-state index in [9.17, 15) is 4.79 Å². The molecule has 4 heterocycles. The summed E-state index contributed by atoms with van der Waals surface area (Å²) in [5.41, 5.74) is 0.830. The van der Waals surface area contributed by atoms with Crippen LogP contribution < -0.4 is 0 Å². The van der Waals surface area contributed by atoms with Gasteiger partial charge in [-0.1, -0.05) is 6.07 Å². The molecule has 0 bridgehead atoms. The fourth-order valence-corrected chi connectivity index (χ4v) is 5.03. The Morgan fingerprint density at radius 1 is 1.17 bits per heavy atom. The quantitative estimate of drug-likeness (QED) is 0.852. The first-order chi connectivity index (χ1) is 11.7. The van der Waals surface area contributed by atoms with E-state index in [0.29, 0.717) is 12.1 Å². The van der Waals surface area contributed by atoms with Crippen LogP contribution in [0.1, 0.15) is 41.0 Å². The minimum absolute atomic E-state index is 0.208. The molecule has 2 aromatic rings. The van der Waals surface area contributed by atoms with Gasteiger partial charge in [0.25, 0.3) is 5.91 Å². The van der Waals surface area contributed by atoms with E-state index < -0.39 is 0 Å². The lowest BCUT2D eigenvalue weighted by Crippen LogP contribution is -2.47. The summed E-state index contributed by atoms with van der Waals surface area (Å²) in [6.45, 7) is 2.85. The third kappa shape index (κ3) is 2.91. The van der Waals surface area contributed by atoms with Gasteiger partial charge in [-0.25, -0.2) is 0 Å². The number of nitrogens with zero attached hydrogens (tertiary/aromatic N) is 3. The van der Waals surface area contributed by atoms with E-state index in [4.69, 9.17) is 0 Å². The number of hydrogen-bond donors (Lipinski definition) is 0. The molecule has 0 radical (unpaired) electrons. The van der Waals surface area contributed by atoms with Gasteiger partial charge in [0.2, 0.25) is 0 Å². The van der Waals surface area contributed by atoms with Gasteiger partial charge in [0.05, 0.1) is 6.54 Å². The van der Waals surface area contributed by atoms with Gasteiger partial charge in [-0.3, -0.25) is 4.79 Å². The summed E-state index contributed by atoms with van der Waals surface area (Å²) < 4.78 is 2.10. The molecular formula is C19H25N3OS. The van der Waals surface area contributed by atoms with Crippen molar-refractivity contribution in [3.8, 4) is 0 Å². The van der Waals surface area contributed by atoms with E-state index >= 15 is 0 Å². The third-order valence-electron chi connectivity index (χ3n) is 5.54. The molecule has 2 atom stereocenters. The summed E-state index contributed by atoms with van der Waals surface area (Å²) in [6.07, 6.45) is 6.79. The van der Waals surface area contributed by atoms with Crippen LogP contribution in [0, 0.1) is 0 Å². The number of rotatable bonds is 4. The van der Waals surface area contributed by atoms with Crippen LogP contribution in [0.25, 0.3) is 0 Å². The minimum Gasteiger partial charge on any atom is -0.338 e. The minimum atomic E-state index is 0.208. The van der Waals surface area contributed by atoms with Crippen LogP contribution in [0.5, 0.6) is 0 Å². The Morgan fingerprint density at radius 2 is 2.00 bits per heavy atom.